The number of hydrogen-bond donors (Lipinski definition) is 0. The van der Waals surface area contributed by atoms with Crippen LogP contribution in [0.25, 0.3) is 5.82 Å². The molecule has 0 radical (unpaired) electrons. The van der Waals surface area contributed by atoms with E-state index in [-0.39, 0.29) is 33.4 Å². The van der Waals surface area contributed by atoms with Crippen LogP contribution in [0.15, 0.2) is 40.1 Å². The molecule has 0 saturated heterocycles. The lowest BCUT2D eigenvalue weighted by molar-refractivity contribution is -0.145. The number of halogens is 5. The molecule has 10 nitrogen and oxygen atoms in total. The largest absolute Gasteiger partial charge is 0.463 e. The van der Waals surface area contributed by atoms with Gasteiger partial charge in [0, 0.05) is 25.4 Å². The Morgan fingerprint density at radius 3 is 2.64 bits per heavy atom. The molecule has 0 aromatic carbocycles. The van der Waals surface area contributed by atoms with Gasteiger partial charge in [0.25, 0.3) is 11.4 Å². The van der Waals surface area contributed by atoms with E-state index in [0.29, 0.717) is 6.07 Å². The highest BCUT2D eigenvalue weighted by molar-refractivity contribution is 6.31. The van der Waals surface area contributed by atoms with Gasteiger partial charge in [0.15, 0.2) is 30.6 Å². The number of carbonyl (C=O) groups is 1. The molecule has 3 aromatic rings. The number of aromatic nitrogens is 4. The molecule has 0 saturated carbocycles. The first kappa shape index (κ1) is 26.2. The molecule has 0 N–H and O–H groups in total. The van der Waals surface area contributed by atoms with Gasteiger partial charge in [-0.25, -0.2) is 23.5 Å². The van der Waals surface area contributed by atoms with Gasteiger partial charge in [0.2, 0.25) is 5.88 Å². The number of rotatable bonds is 7. The van der Waals surface area contributed by atoms with Gasteiger partial charge in [-0.1, -0.05) is 17.5 Å². The molecular formula is C21H13ClF4N4O6. The van der Waals surface area contributed by atoms with Gasteiger partial charge in [-0.2, -0.15) is 18.2 Å². The summed E-state index contributed by atoms with van der Waals surface area (Å²) in [5.74, 6) is -1.98. The van der Waals surface area contributed by atoms with Crippen LogP contribution in [0.1, 0.15) is 5.69 Å². The number of carbonyl (C=O) groups excluding carboxylic acids is 1. The number of terminal acetylenes is 1. The molecule has 0 aliphatic carbocycles. The van der Waals surface area contributed by atoms with Crippen LogP contribution in [-0.2, 0) is 22.8 Å². The molecule has 0 atom stereocenters. The van der Waals surface area contributed by atoms with E-state index in [1.54, 1.807) is 0 Å². The van der Waals surface area contributed by atoms with E-state index < -0.39 is 58.2 Å². The third kappa shape index (κ3) is 5.63. The number of pyridine rings is 2. The Morgan fingerprint density at radius 1 is 1.25 bits per heavy atom. The molecule has 0 bridgehead atoms. The normalized spacial score (nSPS) is 11.0. The number of hydrogen-bond acceptors (Lipinski definition) is 8. The van der Waals surface area contributed by atoms with Crippen LogP contribution in [-0.4, -0.2) is 38.3 Å². The van der Waals surface area contributed by atoms with E-state index in [4.69, 9.17) is 27.5 Å². The van der Waals surface area contributed by atoms with Crippen molar-refractivity contribution in [2.24, 2.45) is 7.05 Å². The summed E-state index contributed by atoms with van der Waals surface area (Å²) in [6, 6.07) is 3.45. The molecule has 3 rings (SSSR count). The molecule has 0 aliphatic rings. The smallest absolute Gasteiger partial charge is 0.431 e. The van der Waals surface area contributed by atoms with Gasteiger partial charge in [-0.15, -0.1) is 6.42 Å². The van der Waals surface area contributed by atoms with E-state index in [2.05, 4.69) is 20.6 Å². The third-order valence-electron chi connectivity index (χ3n) is 4.29. The highest BCUT2D eigenvalue weighted by Crippen LogP contribution is 2.34. The van der Waals surface area contributed by atoms with Crippen molar-refractivity contribution in [1.82, 2.24) is 19.1 Å². The predicted octanol–water partition coefficient (Wildman–Crippen LogP) is 2.49. The highest BCUT2D eigenvalue weighted by atomic mass is 35.5. The van der Waals surface area contributed by atoms with Crippen molar-refractivity contribution in [3.63, 3.8) is 0 Å². The number of nitrogens with zero attached hydrogens (tertiary/aromatic N) is 4. The summed E-state index contributed by atoms with van der Waals surface area (Å²) < 4.78 is 69.5. The summed E-state index contributed by atoms with van der Waals surface area (Å²) in [7, 11) is 0.750. The minimum absolute atomic E-state index is 0.0793. The second-order valence-electron chi connectivity index (χ2n) is 6.69. The van der Waals surface area contributed by atoms with Crippen LogP contribution >= 0.6 is 11.6 Å². The van der Waals surface area contributed by atoms with Crippen molar-refractivity contribution in [3.8, 4) is 35.7 Å². The molecule has 3 heterocycles. The first-order valence-electron chi connectivity index (χ1n) is 9.55. The van der Waals surface area contributed by atoms with Crippen LogP contribution in [0.4, 0.5) is 17.6 Å². The molecule has 36 heavy (non-hydrogen) atoms. The van der Waals surface area contributed by atoms with Crippen molar-refractivity contribution in [1.29, 1.82) is 0 Å². The highest BCUT2D eigenvalue weighted by Gasteiger charge is 2.35. The maximum atomic E-state index is 14.6. The predicted molar refractivity (Wildman–Crippen MR) is 115 cm³/mol. The minimum Gasteiger partial charge on any atom is -0.463 e. The SMILES string of the molecule is C#CCOC(=O)COc1ncccc1Oc1nc(-n2c(=O)cc(C(F)(F)F)n(C)c2=O)c(F)cc1Cl. The lowest BCUT2D eigenvalue weighted by Crippen LogP contribution is -2.41. The maximum absolute atomic E-state index is 14.6. The Morgan fingerprint density at radius 2 is 1.97 bits per heavy atom. The monoisotopic (exact) mass is 528 g/mol. The zero-order valence-electron chi connectivity index (χ0n) is 18.0. The summed E-state index contributed by atoms with van der Waals surface area (Å²) in [6.07, 6.45) is 1.25. The van der Waals surface area contributed by atoms with Crippen molar-refractivity contribution in [3.05, 3.63) is 67.8 Å². The molecule has 0 aliphatic heterocycles. The molecule has 15 heteroatoms. The van der Waals surface area contributed by atoms with E-state index in [9.17, 15) is 31.9 Å². The Labute approximate surface area is 203 Å². The van der Waals surface area contributed by atoms with Crippen LogP contribution < -0.4 is 20.7 Å². The Balaban J connectivity index is 2.01. The summed E-state index contributed by atoms with van der Waals surface area (Å²) >= 11 is 5.97. The number of alkyl halides is 3. The van der Waals surface area contributed by atoms with Gasteiger partial charge in [-0.3, -0.25) is 9.36 Å². The van der Waals surface area contributed by atoms with Gasteiger partial charge >= 0.3 is 17.8 Å². The zero-order chi connectivity index (χ0) is 26.6. The van der Waals surface area contributed by atoms with E-state index >= 15 is 0 Å². The quantitative estimate of drug-likeness (QED) is 0.261. The molecule has 0 amide bonds. The van der Waals surface area contributed by atoms with Crippen LogP contribution in [0.2, 0.25) is 5.02 Å². The van der Waals surface area contributed by atoms with Gasteiger partial charge in [0.05, 0.1) is 0 Å². The van der Waals surface area contributed by atoms with Crippen molar-refractivity contribution < 1.29 is 36.6 Å². The van der Waals surface area contributed by atoms with Crippen molar-refractivity contribution in [2.75, 3.05) is 13.2 Å². The molecule has 0 fully saturated rings. The van der Waals surface area contributed by atoms with E-state index in [1.165, 1.54) is 18.3 Å². The molecule has 0 spiro atoms. The van der Waals surface area contributed by atoms with E-state index in [0.717, 1.165) is 7.05 Å². The summed E-state index contributed by atoms with van der Waals surface area (Å²) in [6.45, 7) is -0.893. The molecule has 0 unspecified atom stereocenters. The van der Waals surface area contributed by atoms with Gasteiger partial charge < -0.3 is 14.2 Å². The van der Waals surface area contributed by atoms with Crippen molar-refractivity contribution in [2.45, 2.75) is 6.18 Å². The molecule has 3 aromatic heterocycles. The topological polar surface area (TPSA) is 115 Å². The first-order valence-corrected chi connectivity index (χ1v) is 9.93. The van der Waals surface area contributed by atoms with Crippen LogP contribution in [0.3, 0.4) is 0 Å². The van der Waals surface area contributed by atoms with Crippen LogP contribution in [0.5, 0.6) is 17.5 Å². The Bertz CT molecular complexity index is 1480. The molecule has 188 valence electrons. The summed E-state index contributed by atoms with van der Waals surface area (Å²) in [5, 5.41) is -0.434. The van der Waals surface area contributed by atoms with Crippen molar-refractivity contribution >= 4 is 17.6 Å². The fourth-order valence-electron chi connectivity index (χ4n) is 2.72. The molecular weight excluding hydrogens is 516 g/mol. The Hall–Kier alpha value is -4.38. The second-order valence-corrected chi connectivity index (χ2v) is 7.09. The Kier molecular flexibility index (Phi) is 7.64. The lowest BCUT2D eigenvalue weighted by atomic mass is 10.3. The van der Waals surface area contributed by atoms with E-state index in [1.807, 2.05) is 0 Å². The third-order valence-corrected chi connectivity index (χ3v) is 4.56. The fraction of sp³-hybridized carbons (Fsp3) is 0.190. The summed E-state index contributed by atoms with van der Waals surface area (Å²) in [4.78, 5) is 44.0. The first-order chi connectivity index (χ1) is 16.9. The number of ether oxygens (including phenoxy) is 3. The summed E-state index contributed by atoms with van der Waals surface area (Å²) in [5.41, 5.74) is -4.57. The fourth-order valence-corrected chi connectivity index (χ4v) is 2.90. The lowest BCUT2D eigenvalue weighted by Gasteiger charge is -2.15. The maximum Gasteiger partial charge on any atom is 0.431 e. The van der Waals surface area contributed by atoms with Gasteiger partial charge in [0.1, 0.15) is 10.7 Å². The average Bonchev–Trinajstić information content (AvgIpc) is 2.81. The number of esters is 1. The second kappa shape index (κ2) is 10.5. The standard InChI is InChI=1S/C21H13ClF4N4O6/c1-3-7-34-16(32)10-35-19-13(5-4-6-27-19)36-18-11(22)8-12(23)17(28-18)30-15(31)9-14(21(24,25)26)29(2)20(30)33/h1,4-6,8-9H,7,10H2,2H3. The minimum atomic E-state index is -5.02. The van der Waals surface area contributed by atoms with Gasteiger partial charge in [-0.05, 0) is 12.1 Å². The average molecular weight is 529 g/mol. The van der Waals surface area contributed by atoms with Crippen LogP contribution in [0, 0.1) is 18.2 Å². The zero-order valence-corrected chi connectivity index (χ0v) is 18.8.